The lowest BCUT2D eigenvalue weighted by Gasteiger charge is -2.20. The number of carbonyl (C=O) groups excluding carboxylic acids is 1. The van der Waals surface area contributed by atoms with Gasteiger partial charge < -0.3 is 4.90 Å². The van der Waals surface area contributed by atoms with Crippen LogP contribution in [0.25, 0.3) is 0 Å². The van der Waals surface area contributed by atoms with Crippen LogP contribution in [0.2, 0.25) is 5.02 Å². The second kappa shape index (κ2) is 8.05. The third kappa shape index (κ3) is 4.95. The Balaban J connectivity index is 2.30. The molecule has 1 amide bonds. The summed E-state index contributed by atoms with van der Waals surface area (Å²) in [5.41, 5.74) is 0.397. The van der Waals surface area contributed by atoms with Crippen molar-refractivity contribution >= 4 is 33.2 Å². The van der Waals surface area contributed by atoms with Crippen molar-refractivity contribution in [2.24, 2.45) is 5.92 Å². The average molecular weight is 399 g/mol. The number of amides is 1. The Morgan fingerprint density at radius 1 is 1.19 bits per heavy atom. The lowest BCUT2D eigenvalue weighted by molar-refractivity contribution is 0.0779. The molecule has 0 saturated carbocycles. The predicted molar refractivity (Wildman–Crippen MR) is 100 cm³/mol. The van der Waals surface area contributed by atoms with Gasteiger partial charge in [-0.05, 0) is 48.4 Å². The Kier molecular flexibility index (Phi) is 6.26. The number of hydrogen-bond donors (Lipinski definition) is 1. The summed E-state index contributed by atoms with van der Waals surface area (Å²) in [5.74, 6) is -0.479. The Morgan fingerprint density at radius 3 is 2.38 bits per heavy atom. The van der Waals surface area contributed by atoms with E-state index in [1.165, 1.54) is 18.2 Å². The highest BCUT2D eigenvalue weighted by atomic mass is 35.5. The van der Waals surface area contributed by atoms with Gasteiger partial charge in [0.1, 0.15) is 5.82 Å². The summed E-state index contributed by atoms with van der Waals surface area (Å²) < 4.78 is 40.2. The molecular weight excluding hydrogens is 379 g/mol. The minimum absolute atomic E-state index is 0.0831. The number of halogens is 2. The van der Waals surface area contributed by atoms with Crippen molar-refractivity contribution in [2.45, 2.75) is 18.7 Å². The first-order valence-electron chi connectivity index (χ1n) is 7.93. The average Bonchev–Trinajstić information content (AvgIpc) is 2.55. The summed E-state index contributed by atoms with van der Waals surface area (Å²) in [6.07, 6.45) is 0. The first kappa shape index (κ1) is 20.2. The van der Waals surface area contributed by atoms with Crippen molar-refractivity contribution < 1.29 is 17.6 Å². The van der Waals surface area contributed by atoms with Crippen molar-refractivity contribution in [2.75, 3.05) is 18.3 Å². The van der Waals surface area contributed by atoms with Gasteiger partial charge in [-0.25, -0.2) is 12.8 Å². The Morgan fingerprint density at radius 2 is 1.81 bits per heavy atom. The summed E-state index contributed by atoms with van der Waals surface area (Å²) in [6, 6.07) is 8.79. The van der Waals surface area contributed by atoms with Crippen LogP contribution in [0.3, 0.4) is 0 Å². The zero-order valence-electron chi connectivity index (χ0n) is 14.7. The van der Waals surface area contributed by atoms with Crippen molar-refractivity contribution in [3.63, 3.8) is 0 Å². The Hall–Kier alpha value is -2.12. The first-order chi connectivity index (χ1) is 12.1. The van der Waals surface area contributed by atoms with E-state index in [2.05, 4.69) is 4.72 Å². The minimum Gasteiger partial charge on any atom is -0.341 e. The third-order valence-electron chi connectivity index (χ3n) is 3.57. The number of sulfonamides is 1. The zero-order valence-corrected chi connectivity index (χ0v) is 16.2. The number of anilines is 1. The lowest BCUT2D eigenvalue weighted by atomic mass is 10.1. The Bertz CT molecular complexity index is 899. The van der Waals surface area contributed by atoms with Gasteiger partial charge in [0, 0.05) is 19.2 Å². The van der Waals surface area contributed by atoms with E-state index in [1.807, 2.05) is 13.8 Å². The van der Waals surface area contributed by atoms with E-state index in [0.717, 1.165) is 24.3 Å². The topological polar surface area (TPSA) is 66.5 Å². The molecule has 1 N–H and O–H groups in total. The molecule has 8 heteroatoms. The molecule has 0 aromatic heterocycles. The molecule has 0 aliphatic rings. The molecule has 26 heavy (non-hydrogen) atoms. The van der Waals surface area contributed by atoms with Crippen molar-refractivity contribution in [1.29, 1.82) is 0 Å². The third-order valence-corrected chi connectivity index (χ3v) is 5.28. The van der Waals surface area contributed by atoms with Crippen LogP contribution in [0.15, 0.2) is 47.4 Å². The van der Waals surface area contributed by atoms with E-state index < -0.39 is 15.8 Å². The van der Waals surface area contributed by atoms with Crippen molar-refractivity contribution in [3.8, 4) is 0 Å². The van der Waals surface area contributed by atoms with Crippen LogP contribution in [0.4, 0.5) is 10.1 Å². The molecule has 2 aromatic rings. The van der Waals surface area contributed by atoms with Gasteiger partial charge in [-0.1, -0.05) is 25.4 Å². The number of benzene rings is 2. The molecule has 0 aliphatic carbocycles. The molecule has 140 valence electrons. The van der Waals surface area contributed by atoms with E-state index in [1.54, 1.807) is 11.9 Å². The maximum absolute atomic E-state index is 13.0. The molecule has 5 nitrogen and oxygen atoms in total. The number of nitrogens with zero attached hydrogens (tertiary/aromatic N) is 1. The fourth-order valence-electron chi connectivity index (χ4n) is 2.40. The van der Waals surface area contributed by atoms with Crippen molar-refractivity contribution in [3.05, 3.63) is 58.9 Å². The largest absolute Gasteiger partial charge is 0.341 e. The summed E-state index contributed by atoms with van der Waals surface area (Å²) in [5, 5.41) is 0.152. The van der Waals surface area contributed by atoms with E-state index in [0.29, 0.717) is 18.0 Å². The molecule has 0 aliphatic heterocycles. The molecule has 0 unspecified atom stereocenters. The summed E-state index contributed by atoms with van der Waals surface area (Å²) >= 11 is 6.07. The highest BCUT2D eigenvalue weighted by Gasteiger charge is 2.19. The SMILES string of the molecule is CC(C)CN(C)C(=O)c1ccc(Cl)c(NS(=O)(=O)c2ccc(F)cc2)c1. The molecule has 0 atom stereocenters. The smallest absolute Gasteiger partial charge is 0.261 e. The molecule has 2 rings (SSSR count). The van der Waals surface area contributed by atoms with Gasteiger partial charge >= 0.3 is 0 Å². The van der Waals surface area contributed by atoms with Gasteiger partial charge in [-0.3, -0.25) is 9.52 Å². The fourth-order valence-corrected chi connectivity index (χ4v) is 3.70. The lowest BCUT2D eigenvalue weighted by Crippen LogP contribution is -2.30. The molecule has 2 aromatic carbocycles. The highest BCUT2D eigenvalue weighted by molar-refractivity contribution is 7.92. The second-order valence-corrected chi connectivity index (χ2v) is 8.42. The maximum Gasteiger partial charge on any atom is 0.261 e. The van der Waals surface area contributed by atoms with Crippen LogP contribution < -0.4 is 4.72 Å². The van der Waals surface area contributed by atoms with Crippen LogP contribution >= 0.6 is 11.6 Å². The maximum atomic E-state index is 13.0. The minimum atomic E-state index is -3.96. The van der Waals surface area contributed by atoms with E-state index >= 15 is 0 Å². The fraction of sp³-hybridized carbons (Fsp3) is 0.278. The first-order valence-corrected chi connectivity index (χ1v) is 9.79. The van der Waals surface area contributed by atoms with Crippen LogP contribution in [-0.2, 0) is 10.0 Å². The predicted octanol–water partition coefficient (Wildman–Crippen LogP) is 4.01. The second-order valence-electron chi connectivity index (χ2n) is 6.33. The summed E-state index contributed by atoms with van der Waals surface area (Å²) in [6.45, 7) is 4.56. The van der Waals surface area contributed by atoms with Gasteiger partial charge in [0.2, 0.25) is 0 Å². The summed E-state index contributed by atoms with van der Waals surface area (Å²) in [7, 11) is -2.28. The van der Waals surface area contributed by atoms with Gasteiger partial charge in [-0.2, -0.15) is 0 Å². The van der Waals surface area contributed by atoms with Crippen LogP contribution in [0, 0.1) is 11.7 Å². The molecule has 0 bridgehead atoms. The molecular formula is C18H20ClFN2O3S. The van der Waals surface area contributed by atoms with E-state index in [4.69, 9.17) is 11.6 Å². The van der Waals surface area contributed by atoms with E-state index in [-0.39, 0.29) is 21.5 Å². The molecule has 0 fully saturated rings. The highest BCUT2D eigenvalue weighted by Crippen LogP contribution is 2.26. The van der Waals surface area contributed by atoms with Crippen molar-refractivity contribution in [1.82, 2.24) is 4.90 Å². The quantitative estimate of drug-likeness (QED) is 0.799. The normalized spacial score (nSPS) is 11.5. The number of hydrogen-bond acceptors (Lipinski definition) is 3. The monoisotopic (exact) mass is 398 g/mol. The molecule has 0 radical (unpaired) electrons. The number of rotatable bonds is 6. The van der Waals surface area contributed by atoms with Crippen LogP contribution in [0.5, 0.6) is 0 Å². The van der Waals surface area contributed by atoms with Gasteiger partial charge in [-0.15, -0.1) is 0 Å². The molecule has 0 saturated heterocycles. The zero-order chi connectivity index (χ0) is 19.5. The number of carbonyl (C=O) groups is 1. The van der Waals surface area contributed by atoms with Crippen LogP contribution in [0.1, 0.15) is 24.2 Å². The van der Waals surface area contributed by atoms with Gasteiger partial charge in [0.25, 0.3) is 15.9 Å². The standard InChI is InChI=1S/C18H20ClFN2O3S/c1-12(2)11-22(3)18(23)13-4-9-16(19)17(10-13)21-26(24,25)15-7-5-14(20)6-8-15/h4-10,12,21H,11H2,1-3H3. The molecule has 0 spiro atoms. The molecule has 0 heterocycles. The summed E-state index contributed by atoms with van der Waals surface area (Å²) in [4.78, 5) is 13.9. The van der Waals surface area contributed by atoms with Gasteiger partial charge in [0.15, 0.2) is 0 Å². The van der Waals surface area contributed by atoms with E-state index in [9.17, 15) is 17.6 Å². The van der Waals surface area contributed by atoms with Crippen LogP contribution in [-0.4, -0.2) is 32.8 Å². The Labute approximate surface area is 157 Å². The van der Waals surface area contributed by atoms with Gasteiger partial charge in [0.05, 0.1) is 15.6 Å². The number of nitrogens with one attached hydrogen (secondary N) is 1.